The lowest BCUT2D eigenvalue weighted by molar-refractivity contribution is 0.0950. The lowest BCUT2D eigenvalue weighted by atomic mass is 10.2. The van der Waals surface area contributed by atoms with E-state index in [2.05, 4.69) is 26.2 Å². The molecule has 0 aliphatic carbocycles. The van der Waals surface area contributed by atoms with Crippen LogP contribution in [0.2, 0.25) is 0 Å². The summed E-state index contributed by atoms with van der Waals surface area (Å²) in [6, 6.07) is 9.32. The topological polar surface area (TPSA) is 102 Å². The molecule has 2 aromatic rings. The molecule has 1 amide bonds. The van der Waals surface area contributed by atoms with E-state index in [0.29, 0.717) is 10.2 Å². The highest BCUT2D eigenvalue weighted by Gasteiger charge is 2.08. The molecule has 21 heavy (non-hydrogen) atoms. The van der Waals surface area contributed by atoms with Crippen LogP contribution in [0.15, 0.2) is 52.1 Å². The Labute approximate surface area is 130 Å². The minimum Gasteiger partial charge on any atom is -0.348 e. The number of carbonyl (C=O) groups is 1. The molecule has 0 spiro atoms. The van der Waals surface area contributed by atoms with Gasteiger partial charge in [-0.15, -0.1) is 0 Å². The summed E-state index contributed by atoms with van der Waals surface area (Å²) >= 11 is 3.19. The summed E-state index contributed by atoms with van der Waals surface area (Å²) in [7, 11) is -3.70. The Balaban J connectivity index is 2.00. The number of nitrogens with zero attached hydrogens (tertiary/aromatic N) is 1. The highest BCUT2D eigenvalue weighted by molar-refractivity contribution is 9.10. The van der Waals surface area contributed by atoms with Gasteiger partial charge >= 0.3 is 0 Å². The van der Waals surface area contributed by atoms with Gasteiger partial charge in [-0.25, -0.2) is 18.5 Å². The van der Waals surface area contributed by atoms with Crippen LogP contribution in [0.3, 0.4) is 0 Å². The maximum Gasteiger partial charge on any atom is 0.253 e. The zero-order chi connectivity index (χ0) is 15.5. The van der Waals surface area contributed by atoms with Gasteiger partial charge < -0.3 is 5.32 Å². The number of halogens is 1. The molecule has 6 nitrogen and oxygen atoms in total. The van der Waals surface area contributed by atoms with Gasteiger partial charge in [0.15, 0.2) is 0 Å². The quantitative estimate of drug-likeness (QED) is 0.795. The molecule has 0 saturated heterocycles. The Kier molecular flexibility index (Phi) is 4.71. The first-order chi connectivity index (χ1) is 9.86. The molecule has 1 heterocycles. The predicted octanol–water partition coefficient (Wildman–Crippen LogP) is 1.42. The molecule has 0 bridgehead atoms. The van der Waals surface area contributed by atoms with Crippen molar-refractivity contribution in [2.45, 2.75) is 11.4 Å². The van der Waals surface area contributed by atoms with E-state index in [1.54, 1.807) is 24.3 Å². The number of amides is 1. The smallest absolute Gasteiger partial charge is 0.253 e. The highest BCUT2D eigenvalue weighted by atomic mass is 79.9. The van der Waals surface area contributed by atoms with Crippen molar-refractivity contribution in [1.82, 2.24) is 10.3 Å². The van der Waals surface area contributed by atoms with Crippen molar-refractivity contribution >= 4 is 31.9 Å². The van der Waals surface area contributed by atoms with Gasteiger partial charge in [0, 0.05) is 12.7 Å². The second-order valence-electron chi connectivity index (χ2n) is 4.24. The monoisotopic (exact) mass is 369 g/mol. The average molecular weight is 370 g/mol. The molecule has 1 aromatic carbocycles. The van der Waals surface area contributed by atoms with Crippen LogP contribution in [0, 0.1) is 0 Å². The van der Waals surface area contributed by atoms with Gasteiger partial charge in [-0.2, -0.15) is 0 Å². The largest absolute Gasteiger partial charge is 0.348 e. The lowest BCUT2D eigenvalue weighted by Crippen LogP contribution is -2.23. The standard InChI is InChI=1S/C13H12BrN3O3S/c14-12-6-3-10(8-16-12)13(18)17-7-9-1-4-11(5-2-9)21(15,19)20/h1-6,8H,7H2,(H,17,18)(H2,15,19,20). The summed E-state index contributed by atoms with van der Waals surface area (Å²) in [5.41, 5.74) is 1.21. The summed E-state index contributed by atoms with van der Waals surface area (Å²) in [5, 5.41) is 7.73. The SMILES string of the molecule is NS(=O)(=O)c1ccc(CNC(=O)c2ccc(Br)nc2)cc1. The number of sulfonamides is 1. The van der Waals surface area contributed by atoms with E-state index in [-0.39, 0.29) is 17.3 Å². The van der Waals surface area contributed by atoms with E-state index >= 15 is 0 Å². The first-order valence-corrected chi connectivity index (χ1v) is 8.22. The maximum atomic E-state index is 11.9. The number of nitrogens with two attached hydrogens (primary N) is 1. The summed E-state index contributed by atoms with van der Waals surface area (Å²) in [6.07, 6.45) is 1.46. The van der Waals surface area contributed by atoms with Gasteiger partial charge in [0.2, 0.25) is 10.0 Å². The zero-order valence-electron chi connectivity index (χ0n) is 10.8. The fraction of sp³-hybridized carbons (Fsp3) is 0.0769. The van der Waals surface area contributed by atoms with E-state index in [1.807, 2.05) is 0 Å². The molecule has 1 aromatic heterocycles. The summed E-state index contributed by atoms with van der Waals surface area (Å²) in [6.45, 7) is 0.278. The molecule has 110 valence electrons. The Morgan fingerprint density at radius 1 is 1.19 bits per heavy atom. The van der Waals surface area contributed by atoms with Gasteiger partial charge in [-0.05, 0) is 45.8 Å². The molecule has 2 rings (SSSR count). The first kappa shape index (κ1) is 15.6. The third kappa shape index (κ3) is 4.35. The van der Waals surface area contributed by atoms with Crippen LogP contribution in [-0.4, -0.2) is 19.3 Å². The Morgan fingerprint density at radius 3 is 2.38 bits per heavy atom. The Bertz CT molecular complexity index is 743. The van der Waals surface area contributed by atoms with E-state index in [1.165, 1.54) is 18.3 Å². The van der Waals surface area contributed by atoms with Gasteiger partial charge in [-0.1, -0.05) is 12.1 Å². The third-order valence-corrected chi connectivity index (χ3v) is 4.09. The van der Waals surface area contributed by atoms with Gasteiger partial charge in [-0.3, -0.25) is 4.79 Å². The number of hydrogen-bond donors (Lipinski definition) is 2. The van der Waals surface area contributed by atoms with Crippen LogP contribution in [0.25, 0.3) is 0 Å². The second kappa shape index (κ2) is 6.33. The second-order valence-corrected chi connectivity index (χ2v) is 6.62. The van der Waals surface area contributed by atoms with Gasteiger partial charge in [0.1, 0.15) is 4.60 Å². The number of benzene rings is 1. The molecule has 0 atom stereocenters. The van der Waals surface area contributed by atoms with Crippen molar-refractivity contribution in [3.63, 3.8) is 0 Å². The summed E-state index contributed by atoms with van der Waals surface area (Å²) < 4.78 is 22.9. The number of hydrogen-bond acceptors (Lipinski definition) is 4. The third-order valence-electron chi connectivity index (χ3n) is 2.69. The molecule has 8 heteroatoms. The first-order valence-electron chi connectivity index (χ1n) is 5.88. The average Bonchev–Trinajstić information content (AvgIpc) is 2.45. The van der Waals surface area contributed by atoms with Crippen LogP contribution in [0.4, 0.5) is 0 Å². The molecule has 3 N–H and O–H groups in total. The van der Waals surface area contributed by atoms with Crippen LogP contribution >= 0.6 is 15.9 Å². The van der Waals surface area contributed by atoms with Crippen LogP contribution < -0.4 is 10.5 Å². The molecule has 0 fully saturated rings. The molecule has 0 unspecified atom stereocenters. The van der Waals surface area contributed by atoms with Crippen LogP contribution in [0.1, 0.15) is 15.9 Å². The van der Waals surface area contributed by atoms with Gasteiger partial charge in [0.05, 0.1) is 10.5 Å². The Morgan fingerprint density at radius 2 is 1.86 bits per heavy atom. The predicted molar refractivity (Wildman–Crippen MR) is 80.9 cm³/mol. The van der Waals surface area contributed by atoms with Crippen molar-refractivity contribution in [1.29, 1.82) is 0 Å². The highest BCUT2D eigenvalue weighted by Crippen LogP contribution is 2.09. The molecule has 0 aliphatic heterocycles. The van der Waals surface area contributed by atoms with Crippen molar-refractivity contribution in [3.8, 4) is 0 Å². The lowest BCUT2D eigenvalue weighted by Gasteiger charge is -2.06. The van der Waals surface area contributed by atoms with E-state index in [4.69, 9.17) is 5.14 Å². The van der Waals surface area contributed by atoms with E-state index in [9.17, 15) is 13.2 Å². The number of pyridine rings is 1. The maximum absolute atomic E-state index is 11.9. The van der Waals surface area contributed by atoms with E-state index in [0.717, 1.165) is 5.56 Å². The zero-order valence-corrected chi connectivity index (χ0v) is 13.2. The number of nitrogens with one attached hydrogen (secondary N) is 1. The van der Waals surface area contributed by atoms with Crippen molar-refractivity contribution in [3.05, 3.63) is 58.3 Å². The fourth-order valence-electron chi connectivity index (χ4n) is 1.59. The summed E-state index contributed by atoms with van der Waals surface area (Å²) in [4.78, 5) is 15.9. The van der Waals surface area contributed by atoms with Crippen LogP contribution in [0.5, 0.6) is 0 Å². The number of primary sulfonamides is 1. The molecule has 0 aliphatic rings. The van der Waals surface area contributed by atoms with Crippen molar-refractivity contribution in [2.24, 2.45) is 5.14 Å². The minimum absolute atomic E-state index is 0.0367. The normalized spacial score (nSPS) is 11.1. The number of carbonyl (C=O) groups excluding carboxylic acids is 1. The molecule has 0 saturated carbocycles. The molecular weight excluding hydrogens is 358 g/mol. The minimum atomic E-state index is -3.70. The Hall–Kier alpha value is -1.77. The number of aromatic nitrogens is 1. The molecule has 0 radical (unpaired) electrons. The number of rotatable bonds is 4. The van der Waals surface area contributed by atoms with E-state index < -0.39 is 10.0 Å². The van der Waals surface area contributed by atoms with Gasteiger partial charge in [0.25, 0.3) is 5.91 Å². The van der Waals surface area contributed by atoms with Crippen LogP contribution in [-0.2, 0) is 16.6 Å². The summed E-state index contributed by atoms with van der Waals surface area (Å²) in [5.74, 6) is -0.259. The fourth-order valence-corrected chi connectivity index (χ4v) is 2.34. The van der Waals surface area contributed by atoms with Crippen molar-refractivity contribution in [2.75, 3.05) is 0 Å². The van der Waals surface area contributed by atoms with Crippen molar-refractivity contribution < 1.29 is 13.2 Å². The molecular formula is C13H12BrN3O3S.